The Kier molecular flexibility index (Phi) is 5.49. The average Bonchev–Trinajstić information content (AvgIpc) is 3.07. The molecule has 0 unspecified atom stereocenters. The maximum atomic E-state index is 12.7. The van der Waals surface area contributed by atoms with Crippen LogP contribution in [-0.4, -0.2) is 23.5 Å². The van der Waals surface area contributed by atoms with Gasteiger partial charge in [-0.25, -0.2) is 0 Å². The first-order valence-electron chi connectivity index (χ1n) is 10.2. The summed E-state index contributed by atoms with van der Waals surface area (Å²) in [4.78, 5) is 14.4. The molecule has 0 radical (unpaired) electrons. The molecule has 3 aromatic rings. The minimum absolute atomic E-state index is 0.00262. The Morgan fingerprint density at radius 2 is 1.70 bits per heavy atom. The van der Waals surface area contributed by atoms with Crippen LogP contribution in [-0.2, 0) is 19.6 Å². The number of amides is 1. The first-order chi connectivity index (χ1) is 14.4. The van der Waals surface area contributed by atoms with Crippen molar-refractivity contribution in [2.45, 2.75) is 39.0 Å². The fourth-order valence-corrected chi connectivity index (χ4v) is 3.76. The minimum atomic E-state index is -0.199. The van der Waals surface area contributed by atoms with Crippen LogP contribution in [0.15, 0.2) is 72.8 Å². The summed E-state index contributed by atoms with van der Waals surface area (Å²) in [5, 5.41) is 0. The van der Waals surface area contributed by atoms with E-state index in [0.29, 0.717) is 18.7 Å². The minimum Gasteiger partial charge on any atom is -0.485 e. The van der Waals surface area contributed by atoms with Crippen LogP contribution >= 0.6 is 0 Å². The molecular weight excluding hydrogens is 374 g/mol. The van der Waals surface area contributed by atoms with Crippen LogP contribution in [0.25, 0.3) is 0 Å². The zero-order chi connectivity index (χ0) is 21.1. The highest BCUT2D eigenvalue weighted by molar-refractivity contribution is 5.94. The Labute approximate surface area is 178 Å². The standard InChI is InChI=1S/C26H27NO3/c1-26(2)16-22-10-7-11-23(24(22)30-26)29-18-20-12-14-21(15-13-20)25(28)27(3)17-19-8-5-4-6-9-19/h4-15H,16-18H2,1-3H3. The summed E-state index contributed by atoms with van der Waals surface area (Å²) in [6, 6.07) is 23.6. The summed E-state index contributed by atoms with van der Waals surface area (Å²) in [6.07, 6.45) is 0.882. The van der Waals surface area contributed by atoms with Gasteiger partial charge >= 0.3 is 0 Å². The number of carbonyl (C=O) groups excluding carboxylic acids is 1. The molecule has 0 saturated heterocycles. The van der Waals surface area contributed by atoms with Crippen LogP contribution in [0.4, 0.5) is 0 Å². The quantitative estimate of drug-likeness (QED) is 0.566. The molecule has 3 aromatic carbocycles. The third-order valence-corrected chi connectivity index (χ3v) is 5.26. The van der Waals surface area contributed by atoms with Gasteiger partial charge in [0, 0.05) is 31.1 Å². The smallest absolute Gasteiger partial charge is 0.253 e. The van der Waals surface area contributed by atoms with Crippen molar-refractivity contribution in [3.63, 3.8) is 0 Å². The van der Waals surface area contributed by atoms with E-state index in [1.54, 1.807) is 4.90 Å². The van der Waals surface area contributed by atoms with E-state index in [0.717, 1.165) is 29.0 Å². The van der Waals surface area contributed by atoms with Gasteiger partial charge in [-0.3, -0.25) is 4.79 Å². The summed E-state index contributed by atoms with van der Waals surface area (Å²) >= 11 is 0. The second-order valence-corrected chi connectivity index (χ2v) is 8.42. The normalized spacial score (nSPS) is 14.0. The second-order valence-electron chi connectivity index (χ2n) is 8.42. The van der Waals surface area contributed by atoms with E-state index in [-0.39, 0.29) is 11.5 Å². The van der Waals surface area contributed by atoms with Gasteiger partial charge in [-0.05, 0) is 43.2 Å². The van der Waals surface area contributed by atoms with Crippen molar-refractivity contribution in [2.24, 2.45) is 0 Å². The van der Waals surface area contributed by atoms with E-state index in [1.807, 2.05) is 73.8 Å². The number of rotatable bonds is 6. The lowest BCUT2D eigenvalue weighted by Crippen LogP contribution is -2.26. The Bertz CT molecular complexity index is 1030. The van der Waals surface area contributed by atoms with Crippen LogP contribution in [0.3, 0.4) is 0 Å². The van der Waals surface area contributed by atoms with Crippen molar-refractivity contribution >= 4 is 5.91 Å². The molecule has 0 fully saturated rings. The van der Waals surface area contributed by atoms with Gasteiger partial charge in [-0.15, -0.1) is 0 Å². The Hall–Kier alpha value is -3.27. The third-order valence-electron chi connectivity index (χ3n) is 5.26. The van der Waals surface area contributed by atoms with Crippen LogP contribution < -0.4 is 9.47 Å². The number of hydrogen-bond donors (Lipinski definition) is 0. The van der Waals surface area contributed by atoms with Gasteiger partial charge in [0.05, 0.1) is 0 Å². The van der Waals surface area contributed by atoms with Gasteiger partial charge in [-0.2, -0.15) is 0 Å². The molecule has 1 aliphatic heterocycles. The molecule has 0 aromatic heterocycles. The molecule has 30 heavy (non-hydrogen) atoms. The van der Waals surface area contributed by atoms with Crippen LogP contribution in [0.2, 0.25) is 0 Å². The highest BCUT2D eigenvalue weighted by atomic mass is 16.5. The summed E-state index contributed by atoms with van der Waals surface area (Å²) in [5.41, 5.74) is 3.77. The van der Waals surface area contributed by atoms with Crippen LogP contribution in [0.5, 0.6) is 11.5 Å². The fourth-order valence-electron chi connectivity index (χ4n) is 3.76. The van der Waals surface area contributed by atoms with Crippen LogP contribution in [0.1, 0.15) is 40.9 Å². The van der Waals surface area contributed by atoms with E-state index in [1.165, 1.54) is 5.56 Å². The summed E-state index contributed by atoms with van der Waals surface area (Å²) in [7, 11) is 1.82. The summed E-state index contributed by atoms with van der Waals surface area (Å²) in [6.45, 7) is 5.18. The molecule has 0 bridgehead atoms. The van der Waals surface area contributed by atoms with E-state index >= 15 is 0 Å². The predicted octanol–water partition coefficient (Wildman–Crippen LogP) is 5.25. The zero-order valence-corrected chi connectivity index (χ0v) is 17.7. The molecule has 4 nitrogen and oxygen atoms in total. The monoisotopic (exact) mass is 401 g/mol. The van der Waals surface area contributed by atoms with Crippen molar-refractivity contribution in [1.82, 2.24) is 4.90 Å². The van der Waals surface area contributed by atoms with E-state index in [9.17, 15) is 4.79 Å². The molecule has 0 aliphatic carbocycles. The molecule has 0 N–H and O–H groups in total. The Balaban J connectivity index is 1.38. The first kappa shape index (κ1) is 20.0. The van der Waals surface area contributed by atoms with Crippen molar-refractivity contribution in [1.29, 1.82) is 0 Å². The van der Waals surface area contributed by atoms with E-state index < -0.39 is 0 Å². The van der Waals surface area contributed by atoms with Gasteiger partial charge in [0.15, 0.2) is 11.5 Å². The number of carbonyl (C=O) groups is 1. The molecule has 4 heteroatoms. The topological polar surface area (TPSA) is 38.8 Å². The van der Waals surface area contributed by atoms with Crippen molar-refractivity contribution < 1.29 is 14.3 Å². The third kappa shape index (κ3) is 4.48. The first-order valence-corrected chi connectivity index (χ1v) is 10.2. The maximum absolute atomic E-state index is 12.7. The fraction of sp³-hybridized carbons (Fsp3) is 0.269. The highest BCUT2D eigenvalue weighted by Crippen LogP contribution is 2.41. The van der Waals surface area contributed by atoms with Gasteiger partial charge in [0.25, 0.3) is 5.91 Å². The highest BCUT2D eigenvalue weighted by Gasteiger charge is 2.32. The molecule has 0 atom stereocenters. The molecular formula is C26H27NO3. The number of benzene rings is 3. The van der Waals surface area contributed by atoms with Gasteiger partial charge in [0.1, 0.15) is 12.2 Å². The molecule has 0 spiro atoms. The SMILES string of the molecule is CN(Cc1ccccc1)C(=O)c1ccc(COc2cccc3c2OC(C)(C)C3)cc1. The molecule has 1 amide bonds. The number of ether oxygens (including phenoxy) is 2. The van der Waals surface area contributed by atoms with Crippen molar-refractivity contribution in [2.75, 3.05) is 7.05 Å². The number of fused-ring (bicyclic) bond motifs is 1. The summed E-state index contributed by atoms with van der Waals surface area (Å²) < 4.78 is 12.1. The van der Waals surface area contributed by atoms with Gasteiger partial charge < -0.3 is 14.4 Å². The number of para-hydroxylation sites is 1. The number of hydrogen-bond acceptors (Lipinski definition) is 3. The maximum Gasteiger partial charge on any atom is 0.253 e. The zero-order valence-electron chi connectivity index (χ0n) is 17.7. The van der Waals surface area contributed by atoms with Crippen molar-refractivity contribution in [3.05, 3.63) is 95.1 Å². The molecule has 0 saturated carbocycles. The lowest BCUT2D eigenvalue weighted by atomic mass is 10.0. The van der Waals surface area contributed by atoms with E-state index in [2.05, 4.69) is 19.9 Å². The second kappa shape index (κ2) is 8.23. The van der Waals surface area contributed by atoms with Crippen molar-refractivity contribution in [3.8, 4) is 11.5 Å². The largest absolute Gasteiger partial charge is 0.485 e. The Morgan fingerprint density at radius 3 is 2.43 bits per heavy atom. The van der Waals surface area contributed by atoms with Gasteiger partial charge in [-0.1, -0.05) is 54.6 Å². The number of nitrogens with zero attached hydrogens (tertiary/aromatic N) is 1. The molecule has 1 aliphatic rings. The molecule has 154 valence electrons. The van der Waals surface area contributed by atoms with Gasteiger partial charge in [0.2, 0.25) is 0 Å². The molecule has 1 heterocycles. The molecule has 4 rings (SSSR count). The van der Waals surface area contributed by atoms with E-state index in [4.69, 9.17) is 9.47 Å². The Morgan fingerprint density at radius 1 is 0.967 bits per heavy atom. The lowest BCUT2D eigenvalue weighted by Gasteiger charge is -2.18. The summed E-state index contributed by atoms with van der Waals surface area (Å²) in [5.74, 6) is 1.61. The predicted molar refractivity (Wildman–Crippen MR) is 118 cm³/mol. The average molecular weight is 402 g/mol. The lowest BCUT2D eigenvalue weighted by molar-refractivity contribution is 0.0785. The van der Waals surface area contributed by atoms with Crippen LogP contribution in [0, 0.1) is 0 Å².